The monoisotopic (exact) mass is 290 g/mol. The van der Waals surface area contributed by atoms with Gasteiger partial charge in [0.2, 0.25) is 0 Å². The van der Waals surface area contributed by atoms with Crippen LogP contribution in [0.15, 0.2) is 34.6 Å². The first kappa shape index (κ1) is 13.3. The van der Waals surface area contributed by atoms with Crippen molar-refractivity contribution in [3.05, 3.63) is 40.1 Å². The summed E-state index contributed by atoms with van der Waals surface area (Å²) in [6.45, 7) is 0. The van der Waals surface area contributed by atoms with Crippen LogP contribution in [0.25, 0.3) is 5.57 Å². The van der Waals surface area contributed by atoms with Gasteiger partial charge in [-0.3, -0.25) is 4.79 Å². The zero-order valence-electron chi connectivity index (χ0n) is 10.9. The second kappa shape index (κ2) is 6.19. The van der Waals surface area contributed by atoms with Gasteiger partial charge in [-0.2, -0.15) is 0 Å². The molecule has 1 heterocycles. The SMILES string of the molecule is O=C1CCC(C(=C2SCCCS2)c2ccccc2)C1. The molecule has 1 aliphatic heterocycles. The normalized spacial score (nSPS) is 23.7. The van der Waals surface area contributed by atoms with Gasteiger partial charge in [0.05, 0.1) is 0 Å². The Kier molecular flexibility index (Phi) is 4.34. The molecular weight excluding hydrogens is 272 g/mol. The quantitative estimate of drug-likeness (QED) is 0.792. The number of benzene rings is 1. The van der Waals surface area contributed by atoms with E-state index < -0.39 is 0 Å². The molecule has 0 spiro atoms. The summed E-state index contributed by atoms with van der Waals surface area (Å²) in [6, 6.07) is 10.7. The average Bonchev–Trinajstić information content (AvgIpc) is 2.88. The molecule has 0 N–H and O–H groups in total. The zero-order valence-corrected chi connectivity index (χ0v) is 12.6. The van der Waals surface area contributed by atoms with Crippen LogP contribution >= 0.6 is 23.5 Å². The minimum Gasteiger partial charge on any atom is -0.300 e. The maximum Gasteiger partial charge on any atom is 0.133 e. The van der Waals surface area contributed by atoms with Crippen molar-refractivity contribution >= 4 is 34.9 Å². The van der Waals surface area contributed by atoms with Crippen molar-refractivity contribution in [3.8, 4) is 0 Å². The molecule has 1 aliphatic carbocycles. The predicted molar refractivity (Wildman–Crippen MR) is 85.2 cm³/mol. The van der Waals surface area contributed by atoms with E-state index >= 15 is 0 Å². The van der Waals surface area contributed by atoms with Crippen LogP contribution in [-0.2, 0) is 4.79 Å². The molecule has 1 unspecified atom stereocenters. The number of hydrogen-bond acceptors (Lipinski definition) is 3. The molecule has 1 aromatic carbocycles. The zero-order chi connectivity index (χ0) is 13.1. The average molecular weight is 290 g/mol. The van der Waals surface area contributed by atoms with Crippen molar-refractivity contribution in [2.45, 2.75) is 25.7 Å². The minimum atomic E-state index is 0.435. The molecular formula is C16H18OS2. The summed E-state index contributed by atoms with van der Waals surface area (Å²) in [4.78, 5) is 11.6. The van der Waals surface area contributed by atoms with E-state index in [1.165, 1.54) is 33.3 Å². The Labute approximate surface area is 123 Å². The van der Waals surface area contributed by atoms with Crippen LogP contribution in [0.5, 0.6) is 0 Å². The Morgan fingerprint density at radius 2 is 1.84 bits per heavy atom. The molecule has 1 atom stereocenters. The van der Waals surface area contributed by atoms with E-state index in [-0.39, 0.29) is 0 Å². The van der Waals surface area contributed by atoms with Crippen molar-refractivity contribution < 1.29 is 4.79 Å². The standard InChI is InChI=1S/C16H18OS2/c17-14-8-7-13(11-14)15(12-5-2-1-3-6-12)16-18-9-4-10-19-16/h1-3,5-6,13H,4,7-11H2. The van der Waals surface area contributed by atoms with Gasteiger partial charge in [0.15, 0.2) is 0 Å². The molecule has 1 aromatic rings. The molecule has 19 heavy (non-hydrogen) atoms. The highest BCUT2D eigenvalue weighted by Crippen LogP contribution is 2.46. The molecule has 1 nitrogen and oxygen atoms in total. The van der Waals surface area contributed by atoms with Crippen molar-refractivity contribution in [1.29, 1.82) is 0 Å². The molecule has 2 fully saturated rings. The lowest BCUT2D eigenvalue weighted by atomic mass is 9.92. The van der Waals surface area contributed by atoms with Crippen LogP contribution in [0.1, 0.15) is 31.2 Å². The molecule has 1 saturated heterocycles. The lowest BCUT2D eigenvalue weighted by molar-refractivity contribution is -0.117. The number of carbonyl (C=O) groups excluding carboxylic acids is 1. The van der Waals surface area contributed by atoms with E-state index in [1.54, 1.807) is 0 Å². The third-order valence-corrected chi connectivity index (χ3v) is 6.37. The molecule has 100 valence electrons. The van der Waals surface area contributed by atoms with E-state index in [1.807, 2.05) is 23.5 Å². The fraction of sp³-hybridized carbons (Fsp3) is 0.438. The number of rotatable bonds is 2. The summed E-state index contributed by atoms with van der Waals surface area (Å²) >= 11 is 3.97. The summed E-state index contributed by atoms with van der Waals surface area (Å²) in [7, 11) is 0. The van der Waals surface area contributed by atoms with Crippen LogP contribution in [0.3, 0.4) is 0 Å². The number of carbonyl (C=O) groups is 1. The topological polar surface area (TPSA) is 17.1 Å². The van der Waals surface area contributed by atoms with Gasteiger partial charge in [-0.05, 0) is 41.4 Å². The van der Waals surface area contributed by atoms with Gasteiger partial charge < -0.3 is 0 Å². The summed E-state index contributed by atoms with van der Waals surface area (Å²) < 4.78 is 1.47. The summed E-state index contributed by atoms with van der Waals surface area (Å²) in [6.07, 6.45) is 3.84. The maximum atomic E-state index is 11.6. The van der Waals surface area contributed by atoms with E-state index in [0.717, 1.165) is 19.3 Å². The Morgan fingerprint density at radius 1 is 1.11 bits per heavy atom. The van der Waals surface area contributed by atoms with Crippen LogP contribution in [-0.4, -0.2) is 17.3 Å². The summed E-state index contributed by atoms with van der Waals surface area (Å²) in [5.74, 6) is 3.33. The van der Waals surface area contributed by atoms with Gasteiger partial charge in [0.1, 0.15) is 5.78 Å². The van der Waals surface area contributed by atoms with Gasteiger partial charge in [0.25, 0.3) is 0 Å². The van der Waals surface area contributed by atoms with Crippen LogP contribution in [0.4, 0.5) is 0 Å². The van der Waals surface area contributed by atoms with Gasteiger partial charge in [0, 0.05) is 17.1 Å². The summed E-state index contributed by atoms with van der Waals surface area (Å²) in [5.41, 5.74) is 2.76. The van der Waals surface area contributed by atoms with Crippen LogP contribution in [0, 0.1) is 5.92 Å². The Balaban J connectivity index is 1.98. The Hall–Kier alpha value is -0.670. The molecule has 2 aliphatic rings. The third kappa shape index (κ3) is 3.09. The number of Topliss-reactive ketones (excluding diaryl/α,β-unsaturated/α-hetero) is 1. The van der Waals surface area contributed by atoms with E-state index in [0.29, 0.717) is 11.7 Å². The first-order chi connectivity index (χ1) is 9.34. The smallest absolute Gasteiger partial charge is 0.133 e. The Morgan fingerprint density at radius 3 is 2.47 bits per heavy atom. The van der Waals surface area contributed by atoms with Gasteiger partial charge in [-0.25, -0.2) is 0 Å². The van der Waals surface area contributed by atoms with Crippen LogP contribution < -0.4 is 0 Å². The highest BCUT2D eigenvalue weighted by molar-refractivity contribution is 8.23. The lowest BCUT2D eigenvalue weighted by Crippen LogP contribution is -2.04. The van der Waals surface area contributed by atoms with Gasteiger partial charge in [-0.1, -0.05) is 30.3 Å². The molecule has 1 saturated carbocycles. The summed E-state index contributed by atoms with van der Waals surface area (Å²) in [5, 5.41) is 0. The van der Waals surface area contributed by atoms with E-state index in [2.05, 4.69) is 30.3 Å². The highest BCUT2D eigenvalue weighted by Gasteiger charge is 2.29. The van der Waals surface area contributed by atoms with E-state index in [9.17, 15) is 4.79 Å². The van der Waals surface area contributed by atoms with Crippen molar-refractivity contribution in [2.75, 3.05) is 11.5 Å². The predicted octanol–water partition coefficient (Wildman–Crippen LogP) is 4.59. The number of allylic oxidation sites excluding steroid dienone is 1. The number of ketones is 1. The fourth-order valence-corrected chi connectivity index (χ4v) is 5.63. The fourth-order valence-electron chi connectivity index (χ4n) is 2.78. The van der Waals surface area contributed by atoms with Crippen LogP contribution in [0.2, 0.25) is 0 Å². The number of hydrogen-bond donors (Lipinski definition) is 0. The molecule has 3 heteroatoms. The molecule has 0 aromatic heterocycles. The largest absolute Gasteiger partial charge is 0.300 e. The minimum absolute atomic E-state index is 0.435. The molecule has 3 rings (SSSR count). The first-order valence-corrected chi connectivity index (χ1v) is 8.88. The van der Waals surface area contributed by atoms with Crippen molar-refractivity contribution in [2.24, 2.45) is 5.92 Å². The highest BCUT2D eigenvalue weighted by atomic mass is 32.2. The van der Waals surface area contributed by atoms with E-state index in [4.69, 9.17) is 0 Å². The first-order valence-electron chi connectivity index (χ1n) is 6.91. The van der Waals surface area contributed by atoms with Crippen molar-refractivity contribution in [1.82, 2.24) is 0 Å². The third-order valence-electron chi connectivity index (χ3n) is 3.71. The molecule has 0 radical (unpaired) electrons. The van der Waals surface area contributed by atoms with Gasteiger partial charge in [-0.15, -0.1) is 23.5 Å². The van der Waals surface area contributed by atoms with Crippen molar-refractivity contribution in [3.63, 3.8) is 0 Å². The second-order valence-electron chi connectivity index (χ2n) is 5.10. The van der Waals surface area contributed by atoms with Gasteiger partial charge >= 0.3 is 0 Å². The lowest BCUT2D eigenvalue weighted by Gasteiger charge is -2.22. The molecule has 0 amide bonds. The Bertz CT molecular complexity index is 485. The number of thioether (sulfide) groups is 2. The maximum absolute atomic E-state index is 11.6. The second-order valence-corrected chi connectivity index (χ2v) is 7.56. The molecule has 0 bridgehead atoms.